The van der Waals surface area contributed by atoms with Crippen LogP contribution in [-0.2, 0) is 17.5 Å². The summed E-state index contributed by atoms with van der Waals surface area (Å²) in [5.41, 5.74) is -0.377. The van der Waals surface area contributed by atoms with Crippen molar-refractivity contribution >= 4 is 22.3 Å². The lowest BCUT2D eigenvalue weighted by Gasteiger charge is -2.07. The van der Waals surface area contributed by atoms with Crippen LogP contribution in [0.1, 0.15) is 32.4 Å². The van der Waals surface area contributed by atoms with Gasteiger partial charge in [-0.15, -0.1) is 11.3 Å². The number of esters is 1. The Kier molecular flexibility index (Phi) is 3.63. The number of carbonyl (C=O) groups is 1. The van der Waals surface area contributed by atoms with Crippen molar-refractivity contribution in [3.8, 4) is 0 Å². The van der Waals surface area contributed by atoms with Crippen molar-refractivity contribution in [2.45, 2.75) is 26.6 Å². The molecule has 0 aliphatic heterocycles. The van der Waals surface area contributed by atoms with Crippen LogP contribution in [0.3, 0.4) is 0 Å². The normalized spacial score (nSPS) is 12.0. The second-order valence-electron chi connectivity index (χ2n) is 4.81. The van der Waals surface area contributed by atoms with Gasteiger partial charge in [-0.2, -0.15) is 13.2 Å². The highest BCUT2D eigenvalue weighted by Gasteiger charge is 2.36. The Labute approximate surface area is 131 Å². The molecule has 0 atom stereocenters. The van der Waals surface area contributed by atoms with Crippen molar-refractivity contribution in [3.63, 3.8) is 0 Å². The van der Waals surface area contributed by atoms with Gasteiger partial charge in [0.1, 0.15) is 6.61 Å². The molecular formula is C13H11F3N4O2S. The van der Waals surface area contributed by atoms with E-state index in [1.807, 2.05) is 13.8 Å². The number of alkyl halides is 3. The van der Waals surface area contributed by atoms with E-state index in [-0.39, 0.29) is 11.4 Å². The van der Waals surface area contributed by atoms with Gasteiger partial charge in [-0.05, 0) is 13.8 Å². The Morgan fingerprint density at radius 2 is 2.13 bits per heavy atom. The van der Waals surface area contributed by atoms with Crippen LogP contribution in [0.5, 0.6) is 0 Å². The average molecular weight is 344 g/mol. The molecule has 0 radical (unpaired) electrons. The van der Waals surface area contributed by atoms with Crippen molar-refractivity contribution in [3.05, 3.63) is 40.2 Å². The number of fused-ring (bicyclic) bond motifs is 1. The minimum atomic E-state index is -4.60. The SMILES string of the molecule is Cc1sc2ncc(C(=O)OCc3[nH]cnc3C(F)(F)F)n2c1C. The highest BCUT2D eigenvalue weighted by molar-refractivity contribution is 7.17. The van der Waals surface area contributed by atoms with Gasteiger partial charge in [0.2, 0.25) is 0 Å². The lowest BCUT2D eigenvalue weighted by atomic mass is 10.3. The molecule has 0 aromatic carbocycles. The minimum Gasteiger partial charge on any atom is -0.454 e. The molecule has 23 heavy (non-hydrogen) atoms. The first kappa shape index (κ1) is 15.5. The number of nitrogens with zero attached hydrogens (tertiary/aromatic N) is 3. The summed E-state index contributed by atoms with van der Waals surface area (Å²) in [5, 5.41) is 0. The summed E-state index contributed by atoms with van der Waals surface area (Å²) in [4.78, 5) is 23.4. The number of hydrogen-bond acceptors (Lipinski definition) is 5. The summed E-state index contributed by atoms with van der Waals surface area (Å²) in [5.74, 6) is -0.749. The molecule has 0 aliphatic carbocycles. The minimum absolute atomic E-state index is 0.176. The lowest BCUT2D eigenvalue weighted by molar-refractivity contribution is -0.142. The first-order valence-electron chi connectivity index (χ1n) is 6.49. The van der Waals surface area contributed by atoms with E-state index >= 15 is 0 Å². The number of aryl methyl sites for hydroxylation is 2. The van der Waals surface area contributed by atoms with Crippen molar-refractivity contribution < 1.29 is 22.7 Å². The summed E-state index contributed by atoms with van der Waals surface area (Å²) in [6.45, 7) is 3.17. The van der Waals surface area contributed by atoms with Gasteiger partial charge in [0.25, 0.3) is 0 Å². The average Bonchev–Trinajstić information content (AvgIpc) is 3.14. The standard InChI is InChI=1S/C13H11F3N4O2S/c1-6-7(2)23-12-17-3-9(20(6)12)11(21)22-4-8-10(13(14,15)16)19-5-18-8/h3,5H,4H2,1-2H3,(H,18,19). The molecule has 122 valence electrons. The number of hydrogen-bond donors (Lipinski definition) is 1. The van der Waals surface area contributed by atoms with Crippen LogP contribution < -0.4 is 0 Å². The maximum absolute atomic E-state index is 12.7. The molecule has 0 saturated heterocycles. The van der Waals surface area contributed by atoms with Gasteiger partial charge in [-0.3, -0.25) is 4.40 Å². The largest absolute Gasteiger partial charge is 0.454 e. The first-order valence-corrected chi connectivity index (χ1v) is 7.30. The second kappa shape index (κ2) is 5.37. The Bertz CT molecular complexity index is 878. The number of nitrogens with one attached hydrogen (secondary N) is 1. The van der Waals surface area contributed by atoms with Crippen molar-refractivity contribution in [2.24, 2.45) is 0 Å². The molecular weight excluding hydrogens is 333 g/mol. The molecule has 0 bridgehead atoms. The Hall–Kier alpha value is -2.36. The van der Waals surface area contributed by atoms with Gasteiger partial charge >= 0.3 is 12.1 Å². The summed E-state index contributed by atoms with van der Waals surface area (Å²) >= 11 is 1.42. The Morgan fingerprint density at radius 3 is 2.83 bits per heavy atom. The fourth-order valence-corrected chi connectivity index (χ4v) is 3.08. The van der Waals surface area contributed by atoms with Gasteiger partial charge in [-0.1, -0.05) is 0 Å². The number of imidazole rings is 2. The van der Waals surface area contributed by atoms with E-state index in [0.717, 1.165) is 16.9 Å². The van der Waals surface area contributed by atoms with Crippen LogP contribution in [0.15, 0.2) is 12.5 Å². The third-order valence-corrected chi connectivity index (χ3v) is 4.43. The fourth-order valence-electron chi connectivity index (χ4n) is 2.13. The number of halogens is 3. The number of aromatic nitrogens is 4. The smallest absolute Gasteiger partial charge is 0.435 e. The fraction of sp³-hybridized carbons (Fsp3) is 0.308. The van der Waals surface area contributed by atoms with Gasteiger partial charge in [0.05, 0.1) is 18.2 Å². The zero-order valence-corrected chi connectivity index (χ0v) is 12.9. The quantitative estimate of drug-likeness (QED) is 0.741. The maximum Gasteiger partial charge on any atom is 0.435 e. The Morgan fingerprint density at radius 1 is 1.39 bits per heavy atom. The molecule has 0 fully saturated rings. The summed E-state index contributed by atoms with van der Waals surface area (Å²) in [7, 11) is 0. The third kappa shape index (κ3) is 2.69. The van der Waals surface area contributed by atoms with Crippen LogP contribution >= 0.6 is 11.3 Å². The van der Waals surface area contributed by atoms with Crippen molar-refractivity contribution in [1.29, 1.82) is 0 Å². The van der Waals surface area contributed by atoms with Crippen LogP contribution in [0.25, 0.3) is 4.96 Å². The summed E-state index contributed by atoms with van der Waals surface area (Å²) in [6.07, 6.45) is -2.35. The monoisotopic (exact) mass is 344 g/mol. The van der Waals surface area contributed by atoms with Crippen LogP contribution in [0.4, 0.5) is 13.2 Å². The molecule has 10 heteroatoms. The number of rotatable bonds is 3. The molecule has 0 unspecified atom stereocenters. The third-order valence-electron chi connectivity index (χ3n) is 3.36. The van der Waals surface area contributed by atoms with Crippen molar-refractivity contribution in [1.82, 2.24) is 19.4 Å². The van der Waals surface area contributed by atoms with E-state index in [2.05, 4.69) is 15.0 Å². The Balaban J connectivity index is 1.81. The first-order chi connectivity index (χ1) is 10.8. The second-order valence-corrected chi connectivity index (χ2v) is 5.99. The molecule has 3 aromatic rings. The van der Waals surface area contributed by atoms with Gasteiger partial charge in [0, 0.05) is 10.6 Å². The van der Waals surface area contributed by atoms with E-state index < -0.39 is 24.4 Å². The van der Waals surface area contributed by atoms with Gasteiger partial charge < -0.3 is 9.72 Å². The number of aromatic amines is 1. The van der Waals surface area contributed by atoms with E-state index in [9.17, 15) is 18.0 Å². The van der Waals surface area contributed by atoms with Crippen LogP contribution in [-0.4, -0.2) is 25.3 Å². The molecule has 3 rings (SSSR count). The number of ether oxygens (including phenoxy) is 1. The molecule has 0 amide bonds. The predicted molar refractivity (Wildman–Crippen MR) is 75.3 cm³/mol. The molecule has 0 spiro atoms. The predicted octanol–water partition coefficient (Wildman–Crippen LogP) is 3.11. The van der Waals surface area contributed by atoms with E-state index in [1.165, 1.54) is 17.5 Å². The molecule has 6 nitrogen and oxygen atoms in total. The number of carbonyl (C=O) groups excluding carboxylic acids is 1. The van der Waals surface area contributed by atoms with Gasteiger partial charge in [-0.25, -0.2) is 14.8 Å². The molecule has 0 saturated carbocycles. The number of thiazole rings is 1. The van der Waals surface area contributed by atoms with Crippen LogP contribution in [0.2, 0.25) is 0 Å². The molecule has 3 aromatic heterocycles. The zero-order chi connectivity index (χ0) is 16.8. The number of H-pyrrole nitrogens is 1. The van der Waals surface area contributed by atoms with E-state index in [0.29, 0.717) is 4.96 Å². The molecule has 3 heterocycles. The van der Waals surface area contributed by atoms with Crippen LogP contribution in [0, 0.1) is 13.8 Å². The molecule has 0 aliphatic rings. The molecule has 1 N–H and O–H groups in total. The highest BCUT2D eigenvalue weighted by Crippen LogP contribution is 2.30. The topological polar surface area (TPSA) is 72.3 Å². The zero-order valence-electron chi connectivity index (χ0n) is 12.1. The maximum atomic E-state index is 12.7. The van der Waals surface area contributed by atoms with E-state index in [1.54, 1.807) is 4.40 Å². The van der Waals surface area contributed by atoms with Crippen molar-refractivity contribution in [2.75, 3.05) is 0 Å². The summed E-state index contributed by atoms with van der Waals surface area (Å²) < 4.78 is 44.7. The summed E-state index contributed by atoms with van der Waals surface area (Å²) in [6, 6.07) is 0. The van der Waals surface area contributed by atoms with Gasteiger partial charge in [0.15, 0.2) is 16.3 Å². The van der Waals surface area contributed by atoms with E-state index in [4.69, 9.17) is 4.74 Å². The highest BCUT2D eigenvalue weighted by atomic mass is 32.1. The lowest BCUT2D eigenvalue weighted by Crippen LogP contribution is -2.13.